The number of carbonyl (C=O) groups excluding carboxylic acids is 1. The third kappa shape index (κ3) is 4.75. The first-order chi connectivity index (χ1) is 14.9. The van der Waals surface area contributed by atoms with Crippen LogP contribution in [0.4, 0.5) is 15.1 Å². The Morgan fingerprint density at radius 2 is 2.10 bits per heavy atom. The lowest BCUT2D eigenvalue weighted by Gasteiger charge is -2.41. The molecule has 1 saturated heterocycles. The van der Waals surface area contributed by atoms with Crippen molar-refractivity contribution in [3.8, 4) is 0 Å². The number of hydrogen-bond donors (Lipinski definition) is 3. The Hall–Kier alpha value is -2.45. The summed E-state index contributed by atoms with van der Waals surface area (Å²) in [6.07, 6.45) is 3.89. The van der Waals surface area contributed by atoms with Gasteiger partial charge in [0.25, 0.3) is 0 Å². The zero-order valence-corrected chi connectivity index (χ0v) is 18.6. The fourth-order valence-electron chi connectivity index (χ4n) is 4.22. The van der Waals surface area contributed by atoms with Crippen molar-refractivity contribution in [1.82, 2.24) is 25.5 Å². The molecule has 2 aliphatic heterocycles. The van der Waals surface area contributed by atoms with Crippen molar-refractivity contribution >= 4 is 23.6 Å². The van der Waals surface area contributed by atoms with E-state index in [1.54, 1.807) is 17.0 Å². The topological polar surface area (TPSA) is 82.2 Å². The van der Waals surface area contributed by atoms with E-state index in [2.05, 4.69) is 25.9 Å². The summed E-state index contributed by atoms with van der Waals surface area (Å²) in [6.45, 7) is 6.54. The molecule has 4 rings (SSSR count). The molecule has 0 saturated carbocycles. The van der Waals surface area contributed by atoms with Crippen LogP contribution in [0, 0.1) is 5.82 Å². The number of benzene rings is 1. The Kier molecular flexibility index (Phi) is 6.29. The van der Waals surface area contributed by atoms with Gasteiger partial charge in [-0.1, -0.05) is 17.7 Å². The lowest BCUT2D eigenvalue weighted by molar-refractivity contribution is 0.164. The first-order valence-electron chi connectivity index (χ1n) is 10.7. The van der Waals surface area contributed by atoms with Gasteiger partial charge in [-0.25, -0.2) is 19.2 Å². The van der Waals surface area contributed by atoms with Crippen LogP contribution in [0.2, 0.25) is 5.02 Å². The largest absolute Gasteiger partial charge is 0.352 e. The molecule has 0 bridgehead atoms. The number of nitrogens with zero attached hydrogens (tertiary/aromatic N) is 3. The molecule has 0 radical (unpaired) electrons. The molecule has 1 aromatic heterocycles. The summed E-state index contributed by atoms with van der Waals surface area (Å²) in [6, 6.07) is 4.86. The number of fused-ring (bicyclic) bond motifs is 1. The minimum absolute atomic E-state index is 0.0808. The van der Waals surface area contributed by atoms with E-state index >= 15 is 0 Å². The van der Waals surface area contributed by atoms with E-state index < -0.39 is 11.4 Å². The van der Waals surface area contributed by atoms with Crippen LogP contribution < -0.4 is 16.0 Å². The summed E-state index contributed by atoms with van der Waals surface area (Å²) < 4.78 is 14.2. The molecule has 2 aromatic rings. The summed E-state index contributed by atoms with van der Waals surface area (Å²) in [5.74, 6) is 0.0996. The maximum Gasteiger partial charge on any atom is 0.318 e. The van der Waals surface area contributed by atoms with Gasteiger partial charge in [0, 0.05) is 18.8 Å². The Morgan fingerprint density at radius 3 is 2.81 bits per heavy atom. The predicted octanol–water partition coefficient (Wildman–Crippen LogP) is 3.44. The van der Waals surface area contributed by atoms with E-state index in [4.69, 9.17) is 11.6 Å². The molecule has 3 N–H and O–H groups in total. The van der Waals surface area contributed by atoms with Crippen LogP contribution in [-0.4, -0.2) is 46.6 Å². The fourth-order valence-corrected chi connectivity index (χ4v) is 4.34. The van der Waals surface area contributed by atoms with E-state index in [0.717, 1.165) is 29.9 Å². The minimum Gasteiger partial charge on any atom is -0.352 e. The van der Waals surface area contributed by atoms with Crippen molar-refractivity contribution in [3.63, 3.8) is 0 Å². The van der Waals surface area contributed by atoms with E-state index in [9.17, 15) is 9.18 Å². The number of halogens is 2. The van der Waals surface area contributed by atoms with Crippen molar-refractivity contribution in [3.05, 3.63) is 52.1 Å². The molecule has 0 atom stereocenters. The zero-order valence-electron chi connectivity index (χ0n) is 17.8. The van der Waals surface area contributed by atoms with Crippen molar-refractivity contribution in [1.29, 1.82) is 0 Å². The van der Waals surface area contributed by atoms with E-state index in [0.29, 0.717) is 38.3 Å². The van der Waals surface area contributed by atoms with Crippen LogP contribution in [0.15, 0.2) is 24.4 Å². The Labute approximate surface area is 186 Å². The molecule has 31 heavy (non-hydrogen) atoms. The quantitative estimate of drug-likeness (QED) is 0.670. The number of aromatic nitrogens is 2. The van der Waals surface area contributed by atoms with E-state index in [1.807, 2.05) is 20.0 Å². The second kappa shape index (κ2) is 8.96. The zero-order chi connectivity index (χ0) is 22.0. The van der Waals surface area contributed by atoms with Crippen molar-refractivity contribution in [2.45, 2.75) is 51.2 Å². The summed E-state index contributed by atoms with van der Waals surface area (Å²) >= 11 is 5.88. The monoisotopic (exact) mass is 446 g/mol. The maximum absolute atomic E-state index is 14.2. The van der Waals surface area contributed by atoms with Crippen LogP contribution in [0.3, 0.4) is 0 Å². The number of hydrogen-bond acceptors (Lipinski definition) is 5. The molecule has 7 nitrogen and oxygen atoms in total. The Balaban J connectivity index is 1.54. The molecule has 0 spiro atoms. The van der Waals surface area contributed by atoms with Gasteiger partial charge in [0.2, 0.25) is 5.95 Å². The van der Waals surface area contributed by atoms with Crippen LogP contribution in [0.25, 0.3) is 0 Å². The number of nitrogens with one attached hydrogen (secondary N) is 3. The number of urea groups is 1. The van der Waals surface area contributed by atoms with Gasteiger partial charge in [0.15, 0.2) is 0 Å². The van der Waals surface area contributed by atoms with Gasteiger partial charge in [-0.3, -0.25) is 0 Å². The highest BCUT2D eigenvalue weighted by Gasteiger charge is 2.37. The number of rotatable bonds is 4. The van der Waals surface area contributed by atoms with Gasteiger partial charge in [0.05, 0.1) is 22.8 Å². The molecule has 1 fully saturated rings. The van der Waals surface area contributed by atoms with Crippen molar-refractivity contribution < 1.29 is 9.18 Å². The number of anilines is 1. The first-order valence-corrected chi connectivity index (χ1v) is 11.1. The fraction of sp³-hybridized carbons (Fsp3) is 0.500. The Morgan fingerprint density at radius 1 is 1.32 bits per heavy atom. The normalized spacial score (nSPS) is 17.9. The number of carbonyl (C=O) groups is 1. The van der Waals surface area contributed by atoms with Crippen LogP contribution >= 0.6 is 11.6 Å². The SMILES string of the molecule is CC(C)Nc1ncc2c(n1)CN(C(=O)NC1(c3ccc(Cl)c(F)c3)CCNCC1)CC2. The van der Waals surface area contributed by atoms with Crippen LogP contribution in [-0.2, 0) is 18.5 Å². The van der Waals surface area contributed by atoms with Crippen molar-refractivity contribution in [2.24, 2.45) is 0 Å². The molecule has 0 unspecified atom stereocenters. The van der Waals surface area contributed by atoms with Gasteiger partial charge >= 0.3 is 6.03 Å². The van der Waals surface area contributed by atoms with Crippen LogP contribution in [0.1, 0.15) is 43.5 Å². The Bertz CT molecular complexity index is 963. The molecule has 166 valence electrons. The third-order valence-electron chi connectivity index (χ3n) is 5.93. The average Bonchev–Trinajstić information content (AvgIpc) is 2.75. The van der Waals surface area contributed by atoms with Crippen LogP contribution in [0.5, 0.6) is 0 Å². The lowest BCUT2D eigenvalue weighted by Crippen LogP contribution is -2.56. The highest BCUT2D eigenvalue weighted by Crippen LogP contribution is 2.33. The molecule has 2 amide bonds. The minimum atomic E-state index is -0.635. The third-order valence-corrected chi connectivity index (χ3v) is 6.23. The smallest absolute Gasteiger partial charge is 0.318 e. The number of piperidine rings is 1. The molecular weight excluding hydrogens is 419 g/mol. The summed E-state index contributed by atoms with van der Waals surface area (Å²) in [5.41, 5.74) is 2.03. The summed E-state index contributed by atoms with van der Waals surface area (Å²) in [5, 5.41) is 9.82. The summed E-state index contributed by atoms with van der Waals surface area (Å²) in [7, 11) is 0. The maximum atomic E-state index is 14.2. The molecule has 9 heteroatoms. The molecule has 2 aliphatic rings. The standard InChI is InChI=1S/C22H28ClFN6O/c1-14(2)27-20-26-12-15-5-10-30(13-19(15)28-20)21(31)29-22(6-8-25-9-7-22)16-3-4-17(23)18(24)11-16/h3-4,11-12,14,25H,5-10,13H2,1-2H3,(H,29,31)(H,26,27,28). The molecular formula is C22H28ClFN6O. The summed E-state index contributed by atoms with van der Waals surface area (Å²) in [4.78, 5) is 24.0. The molecule has 3 heterocycles. The van der Waals surface area contributed by atoms with E-state index in [1.165, 1.54) is 6.07 Å². The van der Waals surface area contributed by atoms with Gasteiger partial charge in [-0.2, -0.15) is 0 Å². The predicted molar refractivity (Wildman–Crippen MR) is 119 cm³/mol. The number of amides is 2. The molecule has 1 aromatic carbocycles. The van der Waals surface area contributed by atoms with Gasteiger partial charge < -0.3 is 20.9 Å². The average molecular weight is 447 g/mol. The van der Waals surface area contributed by atoms with Gasteiger partial charge in [0.1, 0.15) is 5.82 Å². The molecule has 0 aliphatic carbocycles. The second-order valence-corrected chi connectivity index (χ2v) is 8.93. The first kappa shape index (κ1) is 21.8. The highest BCUT2D eigenvalue weighted by atomic mass is 35.5. The van der Waals surface area contributed by atoms with Crippen molar-refractivity contribution in [2.75, 3.05) is 25.0 Å². The lowest BCUT2D eigenvalue weighted by atomic mass is 9.81. The second-order valence-electron chi connectivity index (χ2n) is 8.53. The van der Waals surface area contributed by atoms with Gasteiger partial charge in [-0.05, 0) is 69.5 Å². The van der Waals surface area contributed by atoms with E-state index in [-0.39, 0.29) is 17.1 Å². The van der Waals surface area contributed by atoms with Gasteiger partial charge in [-0.15, -0.1) is 0 Å². The highest BCUT2D eigenvalue weighted by molar-refractivity contribution is 6.30.